The fourth-order valence-electron chi connectivity index (χ4n) is 1.72. The van der Waals surface area contributed by atoms with Gasteiger partial charge in [-0.05, 0) is 6.07 Å². The summed E-state index contributed by atoms with van der Waals surface area (Å²) < 4.78 is 10.6. The maximum atomic E-state index is 11.6. The molecule has 0 aliphatic heterocycles. The second kappa shape index (κ2) is 6.00. The number of hydrogen-bond acceptors (Lipinski definition) is 6. The van der Waals surface area contributed by atoms with Gasteiger partial charge in [0.25, 0.3) is 5.56 Å². The van der Waals surface area contributed by atoms with Crippen LogP contribution in [0, 0.1) is 10.1 Å². The first kappa shape index (κ1) is 13.8. The summed E-state index contributed by atoms with van der Waals surface area (Å²) in [6, 6.07) is 3.11. The Bertz CT molecular complexity index is 682. The molecule has 2 aromatic rings. The zero-order chi connectivity index (χ0) is 14.5. The van der Waals surface area contributed by atoms with E-state index in [2.05, 4.69) is 9.97 Å². The third-order valence-corrected chi connectivity index (χ3v) is 2.67. The quantitative estimate of drug-likeness (QED) is 0.479. The summed E-state index contributed by atoms with van der Waals surface area (Å²) in [7, 11) is 1.45. The summed E-state index contributed by atoms with van der Waals surface area (Å²) in [6.45, 7) is 0.0276. The number of benzene rings is 1. The number of methoxy groups -OCH3 is 1. The number of ether oxygens (including phenoxy) is 2. The highest BCUT2D eigenvalue weighted by Crippen LogP contribution is 2.30. The number of aromatic amines is 1. The van der Waals surface area contributed by atoms with Crippen molar-refractivity contribution >= 4 is 10.9 Å². The number of aromatic nitrogens is 2. The van der Waals surface area contributed by atoms with Gasteiger partial charge < -0.3 is 14.5 Å². The maximum Gasteiger partial charge on any atom is 0.258 e. The fraction of sp³-hybridized carbons (Fsp3) is 0.333. The lowest BCUT2D eigenvalue weighted by Gasteiger charge is -2.10. The number of fused-ring (bicyclic) bond motifs is 1. The van der Waals surface area contributed by atoms with E-state index in [9.17, 15) is 14.9 Å². The summed E-state index contributed by atoms with van der Waals surface area (Å²) in [6.07, 6.45) is 1.59. The van der Waals surface area contributed by atoms with Crippen LogP contribution in [0.2, 0.25) is 0 Å². The van der Waals surface area contributed by atoms with Crippen LogP contribution in [0.5, 0.6) is 11.5 Å². The second-order valence-electron chi connectivity index (χ2n) is 4.01. The van der Waals surface area contributed by atoms with Crippen LogP contribution in [0.1, 0.15) is 6.42 Å². The number of H-pyrrole nitrogens is 1. The molecule has 0 saturated carbocycles. The van der Waals surface area contributed by atoms with E-state index in [4.69, 9.17) is 9.47 Å². The molecule has 1 aromatic carbocycles. The molecule has 0 aliphatic rings. The summed E-state index contributed by atoms with van der Waals surface area (Å²) >= 11 is 0. The molecule has 0 unspecified atom stereocenters. The van der Waals surface area contributed by atoms with Crippen molar-refractivity contribution in [2.24, 2.45) is 0 Å². The highest BCUT2D eigenvalue weighted by molar-refractivity contribution is 5.81. The minimum Gasteiger partial charge on any atom is -0.493 e. The lowest BCUT2D eigenvalue weighted by molar-refractivity contribution is -0.480. The Morgan fingerprint density at radius 2 is 2.20 bits per heavy atom. The van der Waals surface area contributed by atoms with Crippen LogP contribution in [-0.4, -0.2) is 35.2 Å². The van der Waals surface area contributed by atoms with Gasteiger partial charge in [-0.15, -0.1) is 0 Å². The van der Waals surface area contributed by atoms with E-state index >= 15 is 0 Å². The van der Waals surface area contributed by atoms with Gasteiger partial charge in [0.15, 0.2) is 11.5 Å². The Morgan fingerprint density at radius 3 is 2.90 bits per heavy atom. The van der Waals surface area contributed by atoms with Gasteiger partial charge >= 0.3 is 0 Å². The van der Waals surface area contributed by atoms with Crippen LogP contribution in [0.25, 0.3) is 10.9 Å². The summed E-state index contributed by atoms with van der Waals surface area (Å²) in [5.41, 5.74) is 0.201. The molecule has 0 fully saturated rings. The Balaban J connectivity index is 2.23. The summed E-state index contributed by atoms with van der Waals surface area (Å²) in [4.78, 5) is 28.0. The van der Waals surface area contributed by atoms with Crippen molar-refractivity contribution in [3.8, 4) is 11.5 Å². The van der Waals surface area contributed by atoms with Crippen molar-refractivity contribution in [1.82, 2.24) is 9.97 Å². The molecule has 20 heavy (non-hydrogen) atoms. The SMILES string of the molecule is COc1cc2c(=O)[nH]cnc2cc1OCCC[N+](=O)[O-]. The third kappa shape index (κ3) is 3.02. The minimum absolute atomic E-state index is 0.159. The van der Waals surface area contributed by atoms with E-state index in [1.165, 1.54) is 19.5 Å². The topological polar surface area (TPSA) is 107 Å². The van der Waals surface area contributed by atoms with Gasteiger partial charge in [-0.2, -0.15) is 0 Å². The van der Waals surface area contributed by atoms with Crippen molar-refractivity contribution in [2.45, 2.75) is 6.42 Å². The number of nitrogens with zero attached hydrogens (tertiary/aromatic N) is 2. The molecule has 8 nitrogen and oxygen atoms in total. The smallest absolute Gasteiger partial charge is 0.258 e. The first-order chi connectivity index (χ1) is 9.61. The molecule has 0 bridgehead atoms. The second-order valence-corrected chi connectivity index (χ2v) is 4.01. The van der Waals surface area contributed by atoms with Crippen LogP contribution >= 0.6 is 0 Å². The molecule has 0 radical (unpaired) electrons. The monoisotopic (exact) mass is 279 g/mol. The molecule has 0 spiro atoms. The molecule has 0 amide bonds. The van der Waals surface area contributed by atoms with Crippen molar-refractivity contribution in [1.29, 1.82) is 0 Å². The normalized spacial score (nSPS) is 10.4. The summed E-state index contributed by atoms with van der Waals surface area (Å²) in [5, 5.41) is 10.6. The van der Waals surface area contributed by atoms with Gasteiger partial charge in [-0.1, -0.05) is 0 Å². The summed E-state index contributed by atoms with van der Waals surface area (Å²) in [5.74, 6) is 0.790. The molecule has 1 N–H and O–H groups in total. The molecular formula is C12H13N3O5. The molecule has 0 aliphatic carbocycles. The van der Waals surface area contributed by atoms with E-state index in [1.807, 2.05) is 0 Å². The predicted molar refractivity (Wildman–Crippen MR) is 70.9 cm³/mol. The van der Waals surface area contributed by atoms with E-state index in [0.717, 1.165) is 0 Å². The van der Waals surface area contributed by atoms with Gasteiger partial charge in [0, 0.05) is 17.4 Å². The molecular weight excluding hydrogens is 266 g/mol. The van der Waals surface area contributed by atoms with Crippen LogP contribution in [0.15, 0.2) is 23.3 Å². The van der Waals surface area contributed by atoms with E-state index in [0.29, 0.717) is 22.4 Å². The Labute approximate surface area is 113 Å². The average molecular weight is 279 g/mol. The molecule has 0 atom stereocenters. The Hall–Kier alpha value is -2.64. The van der Waals surface area contributed by atoms with Gasteiger partial charge in [0.1, 0.15) is 0 Å². The van der Waals surface area contributed by atoms with Crippen LogP contribution in [0.3, 0.4) is 0 Å². The average Bonchev–Trinajstić information content (AvgIpc) is 2.43. The minimum atomic E-state index is -0.401. The standard InChI is InChI=1S/C12H13N3O5/c1-19-10-5-8-9(13-7-14-12(8)16)6-11(10)20-4-2-3-15(17)18/h5-7H,2-4H2,1H3,(H,13,14,16). The van der Waals surface area contributed by atoms with E-state index < -0.39 is 4.92 Å². The van der Waals surface area contributed by atoms with Crippen LogP contribution in [-0.2, 0) is 0 Å². The van der Waals surface area contributed by atoms with E-state index in [-0.39, 0.29) is 25.1 Å². The van der Waals surface area contributed by atoms with E-state index in [1.54, 1.807) is 6.07 Å². The molecule has 8 heteroatoms. The lowest BCUT2D eigenvalue weighted by Crippen LogP contribution is -2.09. The van der Waals surface area contributed by atoms with Crippen molar-refractivity contribution < 1.29 is 14.4 Å². The van der Waals surface area contributed by atoms with Gasteiger partial charge in [-0.25, -0.2) is 4.98 Å². The zero-order valence-corrected chi connectivity index (χ0v) is 10.8. The van der Waals surface area contributed by atoms with Crippen LogP contribution in [0.4, 0.5) is 0 Å². The van der Waals surface area contributed by atoms with Gasteiger partial charge in [0.2, 0.25) is 6.54 Å². The number of hydrogen-bond donors (Lipinski definition) is 1. The molecule has 1 heterocycles. The molecule has 106 valence electrons. The number of rotatable bonds is 6. The lowest BCUT2D eigenvalue weighted by atomic mass is 10.2. The first-order valence-electron chi connectivity index (χ1n) is 5.92. The van der Waals surface area contributed by atoms with Gasteiger partial charge in [-0.3, -0.25) is 14.9 Å². The number of nitrogens with one attached hydrogen (secondary N) is 1. The first-order valence-corrected chi connectivity index (χ1v) is 5.92. The van der Waals surface area contributed by atoms with Crippen molar-refractivity contribution in [3.05, 3.63) is 38.9 Å². The highest BCUT2D eigenvalue weighted by atomic mass is 16.6. The van der Waals surface area contributed by atoms with Crippen molar-refractivity contribution in [3.63, 3.8) is 0 Å². The number of nitro groups is 1. The molecule has 1 aromatic heterocycles. The fourth-order valence-corrected chi connectivity index (χ4v) is 1.72. The largest absolute Gasteiger partial charge is 0.493 e. The maximum absolute atomic E-state index is 11.6. The predicted octanol–water partition coefficient (Wildman–Crippen LogP) is 0.977. The Kier molecular flexibility index (Phi) is 4.14. The highest BCUT2D eigenvalue weighted by Gasteiger charge is 2.10. The zero-order valence-electron chi connectivity index (χ0n) is 10.8. The molecule has 2 rings (SSSR count). The molecule has 0 saturated heterocycles. The van der Waals surface area contributed by atoms with Crippen LogP contribution < -0.4 is 15.0 Å². The third-order valence-electron chi connectivity index (χ3n) is 2.67. The van der Waals surface area contributed by atoms with Gasteiger partial charge in [0.05, 0.1) is 30.9 Å². The van der Waals surface area contributed by atoms with Crippen molar-refractivity contribution in [2.75, 3.05) is 20.3 Å². The Morgan fingerprint density at radius 1 is 1.40 bits per heavy atom.